The molecule has 0 radical (unpaired) electrons. The summed E-state index contributed by atoms with van der Waals surface area (Å²) in [6.07, 6.45) is 18.4. The first-order valence-electron chi connectivity index (χ1n) is 10.2. The zero-order chi connectivity index (χ0) is 18.8. The van der Waals surface area contributed by atoms with Crippen molar-refractivity contribution in [1.82, 2.24) is 5.32 Å². The van der Waals surface area contributed by atoms with E-state index >= 15 is 0 Å². The van der Waals surface area contributed by atoms with E-state index in [0.717, 1.165) is 12.8 Å². The number of carbonyl (C=O) groups is 2. The summed E-state index contributed by atoms with van der Waals surface area (Å²) in [6.45, 7) is 2.26. The molecule has 148 valence electrons. The molecule has 0 aliphatic rings. The Balaban J connectivity index is 3.28. The third-order valence-electron chi connectivity index (χ3n) is 4.57. The fraction of sp³-hybridized carbons (Fsp3) is 0.900. The maximum Gasteiger partial charge on any atom is 0.327 e. The standard InChI is InChI=1S/C20H39NO3S/c1-2-3-4-5-6-7-8-9-10-11-12-13-14-15-16-19(22)21-18(17-25)20(23)24/h18,25H,2-17H2,1H3,(H,21,22)(H,23,24). The van der Waals surface area contributed by atoms with E-state index < -0.39 is 12.0 Å². The van der Waals surface area contributed by atoms with Gasteiger partial charge in [-0.15, -0.1) is 0 Å². The first-order valence-corrected chi connectivity index (χ1v) is 10.9. The van der Waals surface area contributed by atoms with E-state index in [4.69, 9.17) is 5.11 Å². The molecule has 2 N–H and O–H groups in total. The van der Waals surface area contributed by atoms with Crippen molar-refractivity contribution < 1.29 is 14.7 Å². The summed E-state index contributed by atoms with van der Waals surface area (Å²) in [5, 5.41) is 11.4. The van der Waals surface area contributed by atoms with Crippen molar-refractivity contribution in [2.24, 2.45) is 0 Å². The minimum Gasteiger partial charge on any atom is -0.480 e. The SMILES string of the molecule is CCCCCCCCCCCCCCCCC(=O)NC(CS)C(=O)O. The number of thiol groups is 1. The Hall–Kier alpha value is -0.710. The molecule has 25 heavy (non-hydrogen) atoms. The number of carboxylic acids is 1. The van der Waals surface area contributed by atoms with Crippen LogP contribution in [0.25, 0.3) is 0 Å². The summed E-state index contributed by atoms with van der Waals surface area (Å²) in [6, 6.07) is -0.873. The van der Waals surface area contributed by atoms with Crippen molar-refractivity contribution in [2.45, 2.75) is 109 Å². The molecule has 1 unspecified atom stereocenters. The van der Waals surface area contributed by atoms with Gasteiger partial charge in [-0.25, -0.2) is 4.79 Å². The topological polar surface area (TPSA) is 66.4 Å². The predicted molar refractivity (Wildman–Crippen MR) is 108 cm³/mol. The molecule has 0 aromatic rings. The van der Waals surface area contributed by atoms with Gasteiger partial charge in [0.25, 0.3) is 0 Å². The third-order valence-corrected chi connectivity index (χ3v) is 4.94. The minimum absolute atomic E-state index is 0.125. The van der Waals surface area contributed by atoms with Crippen molar-refractivity contribution in [3.8, 4) is 0 Å². The van der Waals surface area contributed by atoms with Gasteiger partial charge in [0.1, 0.15) is 6.04 Å². The van der Waals surface area contributed by atoms with Gasteiger partial charge in [-0.1, -0.05) is 90.4 Å². The lowest BCUT2D eigenvalue weighted by Crippen LogP contribution is -2.42. The van der Waals surface area contributed by atoms with Gasteiger partial charge >= 0.3 is 5.97 Å². The highest BCUT2D eigenvalue weighted by atomic mass is 32.1. The molecule has 0 rings (SSSR count). The van der Waals surface area contributed by atoms with Gasteiger partial charge in [0, 0.05) is 12.2 Å². The predicted octanol–water partition coefficient (Wildman–Crippen LogP) is 5.36. The zero-order valence-corrected chi connectivity index (χ0v) is 17.0. The lowest BCUT2D eigenvalue weighted by Gasteiger charge is -2.11. The second kappa shape index (κ2) is 18.1. The van der Waals surface area contributed by atoms with Crippen LogP contribution in [-0.4, -0.2) is 28.8 Å². The van der Waals surface area contributed by atoms with Crippen LogP contribution in [0.1, 0.15) is 103 Å². The number of hydrogen-bond donors (Lipinski definition) is 3. The Labute approximate surface area is 159 Å². The summed E-state index contributed by atoms with van der Waals surface area (Å²) < 4.78 is 0. The normalized spacial score (nSPS) is 12.1. The first-order chi connectivity index (χ1) is 12.1. The van der Waals surface area contributed by atoms with Gasteiger partial charge < -0.3 is 10.4 Å². The highest BCUT2D eigenvalue weighted by Crippen LogP contribution is 2.13. The Bertz CT molecular complexity index is 337. The van der Waals surface area contributed by atoms with E-state index in [1.165, 1.54) is 77.0 Å². The lowest BCUT2D eigenvalue weighted by molar-refractivity contribution is -0.141. The average Bonchev–Trinajstić information content (AvgIpc) is 2.59. The van der Waals surface area contributed by atoms with Crippen LogP contribution < -0.4 is 5.32 Å². The molecule has 0 heterocycles. The minimum atomic E-state index is -1.02. The monoisotopic (exact) mass is 373 g/mol. The molecule has 1 amide bonds. The molecule has 0 saturated heterocycles. The van der Waals surface area contributed by atoms with Gasteiger partial charge in [0.05, 0.1) is 0 Å². The fourth-order valence-electron chi connectivity index (χ4n) is 2.93. The summed E-state index contributed by atoms with van der Waals surface area (Å²) in [5.41, 5.74) is 0. The number of carbonyl (C=O) groups excluding carboxylic acids is 1. The van der Waals surface area contributed by atoms with E-state index in [1.807, 2.05) is 0 Å². The van der Waals surface area contributed by atoms with E-state index in [-0.39, 0.29) is 11.7 Å². The molecule has 5 heteroatoms. The van der Waals surface area contributed by atoms with Crippen LogP contribution in [-0.2, 0) is 9.59 Å². The van der Waals surface area contributed by atoms with Crippen LogP contribution in [0.3, 0.4) is 0 Å². The number of nitrogens with one attached hydrogen (secondary N) is 1. The molecule has 0 fully saturated rings. The molecule has 4 nitrogen and oxygen atoms in total. The van der Waals surface area contributed by atoms with Crippen molar-refractivity contribution in [1.29, 1.82) is 0 Å². The number of aliphatic carboxylic acids is 1. The van der Waals surface area contributed by atoms with Crippen LogP contribution >= 0.6 is 12.6 Å². The number of rotatable bonds is 18. The molecule has 0 saturated carbocycles. The molecule has 0 aromatic heterocycles. The number of hydrogen-bond acceptors (Lipinski definition) is 3. The summed E-state index contributed by atoms with van der Waals surface area (Å²) in [5.74, 6) is -1.08. The first kappa shape index (κ1) is 24.3. The molecule has 0 aliphatic carbocycles. The van der Waals surface area contributed by atoms with Crippen LogP contribution in [0, 0.1) is 0 Å². The molecule has 0 bridgehead atoms. The molecule has 0 aromatic carbocycles. The van der Waals surface area contributed by atoms with Crippen LogP contribution in [0.15, 0.2) is 0 Å². The number of carboxylic acid groups (broad SMARTS) is 1. The Kier molecular flexibility index (Phi) is 17.6. The van der Waals surface area contributed by atoms with Crippen molar-refractivity contribution in [3.63, 3.8) is 0 Å². The molecular weight excluding hydrogens is 334 g/mol. The molecule has 0 spiro atoms. The van der Waals surface area contributed by atoms with Gasteiger partial charge in [0.2, 0.25) is 5.91 Å². The van der Waals surface area contributed by atoms with Gasteiger partial charge in [0.15, 0.2) is 0 Å². The Morgan fingerprint density at radius 3 is 1.56 bits per heavy atom. The summed E-state index contributed by atoms with van der Waals surface area (Å²) in [4.78, 5) is 22.4. The van der Waals surface area contributed by atoms with Crippen molar-refractivity contribution in [2.75, 3.05) is 5.75 Å². The average molecular weight is 374 g/mol. The van der Waals surface area contributed by atoms with E-state index in [2.05, 4.69) is 24.9 Å². The number of unbranched alkanes of at least 4 members (excludes halogenated alkanes) is 13. The second-order valence-electron chi connectivity index (χ2n) is 6.99. The summed E-state index contributed by atoms with van der Waals surface area (Å²) in [7, 11) is 0. The van der Waals surface area contributed by atoms with E-state index in [1.54, 1.807) is 0 Å². The van der Waals surface area contributed by atoms with Gasteiger partial charge in [-0.2, -0.15) is 12.6 Å². The maximum atomic E-state index is 11.6. The molecule has 1 atom stereocenters. The highest BCUT2D eigenvalue weighted by Gasteiger charge is 2.17. The summed E-state index contributed by atoms with van der Waals surface area (Å²) >= 11 is 3.93. The van der Waals surface area contributed by atoms with E-state index in [0.29, 0.717) is 6.42 Å². The molecule has 0 aliphatic heterocycles. The maximum absolute atomic E-state index is 11.6. The zero-order valence-electron chi connectivity index (χ0n) is 16.1. The second-order valence-corrected chi connectivity index (χ2v) is 7.35. The fourth-order valence-corrected chi connectivity index (χ4v) is 3.18. The quantitative estimate of drug-likeness (QED) is 0.224. The molecular formula is C20H39NO3S. The Morgan fingerprint density at radius 2 is 1.20 bits per heavy atom. The smallest absolute Gasteiger partial charge is 0.327 e. The largest absolute Gasteiger partial charge is 0.480 e. The highest BCUT2D eigenvalue weighted by molar-refractivity contribution is 7.80. The third kappa shape index (κ3) is 16.5. The van der Waals surface area contributed by atoms with Gasteiger partial charge in [-0.05, 0) is 6.42 Å². The van der Waals surface area contributed by atoms with Gasteiger partial charge in [-0.3, -0.25) is 4.79 Å². The van der Waals surface area contributed by atoms with E-state index in [9.17, 15) is 9.59 Å². The van der Waals surface area contributed by atoms with Crippen molar-refractivity contribution >= 4 is 24.5 Å². The number of amides is 1. The van der Waals surface area contributed by atoms with Crippen LogP contribution in [0.2, 0.25) is 0 Å². The van der Waals surface area contributed by atoms with Crippen LogP contribution in [0.4, 0.5) is 0 Å². The Morgan fingerprint density at radius 1 is 0.800 bits per heavy atom. The van der Waals surface area contributed by atoms with Crippen LogP contribution in [0.5, 0.6) is 0 Å². The van der Waals surface area contributed by atoms with Crippen molar-refractivity contribution in [3.05, 3.63) is 0 Å². The lowest BCUT2D eigenvalue weighted by atomic mass is 10.0.